The summed E-state index contributed by atoms with van der Waals surface area (Å²) in [5.41, 5.74) is 7.42. The summed E-state index contributed by atoms with van der Waals surface area (Å²) >= 11 is 0. The average molecular weight is 274 g/mol. The molecule has 0 atom stereocenters. The third-order valence-electron chi connectivity index (χ3n) is 3.22. The summed E-state index contributed by atoms with van der Waals surface area (Å²) in [6, 6.07) is 5.57. The highest BCUT2D eigenvalue weighted by Gasteiger charge is 2.26. The van der Waals surface area contributed by atoms with E-state index >= 15 is 0 Å². The number of amides is 1. The summed E-state index contributed by atoms with van der Waals surface area (Å²) in [7, 11) is 0. The average Bonchev–Trinajstić information content (AvgIpc) is 2.95. The SMILES string of the molecule is Cc1ccc(-c2nnco2)cc1NC(=O)C(C)(C)CN. The molecule has 0 aliphatic carbocycles. The molecule has 0 saturated carbocycles. The van der Waals surface area contributed by atoms with Crippen molar-refractivity contribution in [3.63, 3.8) is 0 Å². The molecule has 0 aliphatic rings. The molecule has 3 N–H and O–H groups in total. The predicted octanol–water partition coefficient (Wildman–Crippen LogP) is 1.97. The highest BCUT2D eigenvalue weighted by atomic mass is 16.4. The van der Waals surface area contributed by atoms with Crippen molar-refractivity contribution in [2.24, 2.45) is 11.1 Å². The molecule has 20 heavy (non-hydrogen) atoms. The molecule has 0 aliphatic heterocycles. The predicted molar refractivity (Wildman–Crippen MR) is 75.9 cm³/mol. The number of rotatable bonds is 4. The third kappa shape index (κ3) is 2.85. The molecule has 2 rings (SSSR count). The van der Waals surface area contributed by atoms with Crippen LogP contribution in [0.5, 0.6) is 0 Å². The first kappa shape index (κ1) is 14.2. The van der Waals surface area contributed by atoms with Crippen LogP contribution in [0.1, 0.15) is 19.4 Å². The van der Waals surface area contributed by atoms with Gasteiger partial charge in [-0.1, -0.05) is 6.07 Å². The van der Waals surface area contributed by atoms with E-state index in [9.17, 15) is 4.79 Å². The molecule has 6 nitrogen and oxygen atoms in total. The minimum Gasteiger partial charge on any atom is -0.423 e. The van der Waals surface area contributed by atoms with E-state index in [1.165, 1.54) is 6.39 Å². The van der Waals surface area contributed by atoms with E-state index in [-0.39, 0.29) is 12.5 Å². The summed E-state index contributed by atoms with van der Waals surface area (Å²) < 4.78 is 5.15. The normalized spacial score (nSPS) is 11.4. The van der Waals surface area contributed by atoms with Crippen LogP contribution in [0.4, 0.5) is 5.69 Å². The standard InChI is InChI=1S/C14H18N4O2/c1-9-4-5-10(12-18-16-8-20-12)6-11(9)17-13(19)14(2,3)7-15/h4-6,8H,7,15H2,1-3H3,(H,17,19). The monoisotopic (exact) mass is 274 g/mol. The van der Waals surface area contributed by atoms with E-state index in [1.54, 1.807) is 13.8 Å². The zero-order valence-corrected chi connectivity index (χ0v) is 11.8. The largest absolute Gasteiger partial charge is 0.423 e. The van der Waals surface area contributed by atoms with E-state index in [0.29, 0.717) is 11.6 Å². The van der Waals surface area contributed by atoms with E-state index in [2.05, 4.69) is 15.5 Å². The van der Waals surface area contributed by atoms with Gasteiger partial charge in [-0.15, -0.1) is 10.2 Å². The van der Waals surface area contributed by atoms with E-state index in [0.717, 1.165) is 11.1 Å². The van der Waals surface area contributed by atoms with Crippen LogP contribution in [0.25, 0.3) is 11.5 Å². The first-order valence-corrected chi connectivity index (χ1v) is 6.33. The minimum absolute atomic E-state index is 0.120. The van der Waals surface area contributed by atoms with Crippen LogP contribution in [0.2, 0.25) is 0 Å². The lowest BCUT2D eigenvalue weighted by molar-refractivity contribution is -0.123. The molecule has 0 fully saturated rings. The maximum atomic E-state index is 12.2. The molecule has 1 amide bonds. The van der Waals surface area contributed by atoms with Gasteiger partial charge in [-0.05, 0) is 38.5 Å². The molecule has 0 bridgehead atoms. The van der Waals surface area contributed by atoms with Crippen LogP contribution in [0.15, 0.2) is 29.0 Å². The Morgan fingerprint density at radius 1 is 1.45 bits per heavy atom. The van der Waals surface area contributed by atoms with Crippen LogP contribution in [-0.4, -0.2) is 22.6 Å². The Labute approximate surface area is 117 Å². The fraction of sp³-hybridized carbons (Fsp3) is 0.357. The number of hydrogen-bond acceptors (Lipinski definition) is 5. The lowest BCUT2D eigenvalue weighted by atomic mass is 9.92. The van der Waals surface area contributed by atoms with E-state index in [4.69, 9.17) is 10.2 Å². The zero-order valence-electron chi connectivity index (χ0n) is 11.8. The number of carbonyl (C=O) groups excluding carboxylic acids is 1. The van der Waals surface area contributed by atoms with Gasteiger partial charge in [-0.25, -0.2) is 0 Å². The number of hydrogen-bond donors (Lipinski definition) is 2. The van der Waals surface area contributed by atoms with E-state index < -0.39 is 5.41 Å². The Balaban J connectivity index is 2.28. The van der Waals surface area contributed by atoms with Crippen molar-refractivity contribution in [3.8, 4) is 11.5 Å². The van der Waals surface area contributed by atoms with Gasteiger partial charge in [0.1, 0.15) is 0 Å². The second kappa shape index (κ2) is 5.42. The molecule has 1 aromatic carbocycles. The number of nitrogens with zero attached hydrogens (tertiary/aromatic N) is 2. The van der Waals surface area contributed by atoms with E-state index in [1.807, 2.05) is 25.1 Å². The quantitative estimate of drug-likeness (QED) is 0.888. The van der Waals surface area contributed by atoms with Gasteiger partial charge in [0.15, 0.2) is 0 Å². The van der Waals surface area contributed by atoms with Crippen LogP contribution < -0.4 is 11.1 Å². The number of nitrogens with one attached hydrogen (secondary N) is 1. The number of carbonyl (C=O) groups is 1. The van der Waals surface area contributed by atoms with Gasteiger partial charge in [0.2, 0.25) is 18.2 Å². The summed E-state index contributed by atoms with van der Waals surface area (Å²) in [5, 5.41) is 10.4. The van der Waals surface area contributed by atoms with Crippen molar-refractivity contribution < 1.29 is 9.21 Å². The summed E-state index contributed by atoms with van der Waals surface area (Å²) in [5.74, 6) is 0.296. The van der Waals surface area contributed by atoms with Gasteiger partial charge < -0.3 is 15.5 Å². The van der Waals surface area contributed by atoms with Gasteiger partial charge in [0.05, 0.1) is 5.41 Å². The van der Waals surface area contributed by atoms with Crippen LogP contribution in [0.3, 0.4) is 0 Å². The molecular formula is C14H18N4O2. The minimum atomic E-state index is -0.618. The molecule has 1 heterocycles. The Bertz CT molecular complexity index is 606. The summed E-state index contributed by atoms with van der Waals surface area (Å²) in [6.07, 6.45) is 1.27. The molecule has 0 saturated heterocycles. The molecule has 106 valence electrons. The highest BCUT2D eigenvalue weighted by molar-refractivity contribution is 5.96. The van der Waals surface area contributed by atoms with Crippen molar-refractivity contribution in [2.75, 3.05) is 11.9 Å². The molecule has 0 spiro atoms. The Kier molecular flexibility index (Phi) is 3.85. The lowest BCUT2D eigenvalue weighted by Gasteiger charge is -2.22. The Hall–Kier alpha value is -2.21. The fourth-order valence-corrected chi connectivity index (χ4v) is 1.57. The molecule has 0 radical (unpaired) electrons. The smallest absolute Gasteiger partial charge is 0.247 e. The molecule has 0 unspecified atom stereocenters. The van der Waals surface area contributed by atoms with Crippen molar-refractivity contribution in [1.29, 1.82) is 0 Å². The summed E-state index contributed by atoms with van der Waals surface area (Å²) in [6.45, 7) is 5.81. The van der Waals surface area contributed by atoms with Crippen LogP contribution >= 0.6 is 0 Å². The van der Waals surface area contributed by atoms with Gasteiger partial charge in [-0.2, -0.15) is 0 Å². The van der Waals surface area contributed by atoms with Crippen molar-refractivity contribution in [1.82, 2.24) is 10.2 Å². The highest BCUT2D eigenvalue weighted by Crippen LogP contribution is 2.25. The number of aryl methyl sites for hydroxylation is 1. The zero-order chi connectivity index (χ0) is 14.8. The molecular weight excluding hydrogens is 256 g/mol. The maximum Gasteiger partial charge on any atom is 0.247 e. The molecule has 6 heteroatoms. The number of anilines is 1. The van der Waals surface area contributed by atoms with Gasteiger partial charge in [0.25, 0.3) is 0 Å². The summed E-state index contributed by atoms with van der Waals surface area (Å²) in [4.78, 5) is 12.2. The number of aromatic nitrogens is 2. The second-order valence-corrected chi connectivity index (χ2v) is 5.32. The topological polar surface area (TPSA) is 94.0 Å². The fourth-order valence-electron chi connectivity index (χ4n) is 1.57. The third-order valence-corrected chi connectivity index (χ3v) is 3.22. The molecule has 2 aromatic rings. The second-order valence-electron chi connectivity index (χ2n) is 5.32. The lowest BCUT2D eigenvalue weighted by Crippen LogP contribution is -2.37. The van der Waals surface area contributed by atoms with Gasteiger partial charge >= 0.3 is 0 Å². The van der Waals surface area contributed by atoms with Crippen molar-refractivity contribution in [3.05, 3.63) is 30.2 Å². The maximum absolute atomic E-state index is 12.2. The van der Waals surface area contributed by atoms with Gasteiger partial charge in [0, 0.05) is 17.8 Å². The van der Waals surface area contributed by atoms with Crippen LogP contribution in [-0.2, 0) is 4.79 Å². The molecule has 1 aromatic heterocycles. The first-order chi connectivity index (χ1) is 9.44. The Morgan fingerprint density at radius 3 is 2.80 bits per heavy atom. The van der Waals surface area contributed by atoms with Gasteiger partial charge in [-0.3, -0.25) is 4.79 Å². The first-order valence-electron chi connectivity index (χ1n) is 6.33. The van der Waals surface area contributed by atoms with Crippen molar-refractivity contribution in [2.45, 2.75) is 20.8 Å². The number of nitrogens with two attached hydrogens (primary N) is 1. The number of benzene rings is 1. The Morgan fingerprint density at radius 2 is 2.20 bits per heavy atom. The van der Waals surface area contributed by atoms with Crippen molar-refractivity contribution >= 4 is 11.6 Å². The van der Waals surface area contributed by atoms with Crippen LogP contribution in [0, 0.1) is 12.3 Å².